The molecule has 2 N–H and O–H groups in total. The largest absolute Gasteiger partial charge is 0.374 e. The van der Waals surface area contributed by atoms with Gasteiger partial charge in [0.25, 0.3) is 0 Å². The number of piperidine rings is 1. The molecule has 25 heavy (non-hydrogen) atoms. The van der Waals surface area contributed by atoms with Gasteiger partial charge in [-0.1, -0.05) is 42.0 Å². The van der Waals surface area contributed by atoms with Crippen molar-refractivity contribution >= 4 is 17.3 Å². The predicted octanol–water partition coefficient (Wildman–Crippen LogP) is 3.71. The van der Waals surface area contributed by atoms with E-state index in [1.54, 1.807) is 0 Å². The van der Waals surface area contributed by atoms with Gasteiger partial charge in [-0.15, -0.1) is 0 Å². The van der Waals surface area contributed by atoms with Crippen LogP contribution in [0.4, 0.5) is 11.4 Å². The number of nitrogens with one attached hydrogen (secondary N) is 2. The van der Waals surface area contributed by atoms with Gasteiger partial charge in [-0.2, -0.15) is 0 Å². The number of benzene rings is 2. The Bertz CT molecular complexity index is 691. The molecule has 2 aromatic carbocycles. The Morgan fingerprint density at radius 1 is 1.00 bits per heavy atom. The van der Waals surface area contributed by atoms with Crippen LogP contribution in [0.5, 0.6) is 0 Å². The van der Waals surface area contributed by atoms with Gasteiger partial charge in [0.1, 0.15) is 0 Å². The molecule has 0 unspecified atom stereocenters. The molecule has 3 rings (SSSR count). The fourth-order valence-electron chi connectivity index (χ4n) is 3.18. The Morgan fingerprint density at radius 3 is 2.48 bits per heavy atom. The maximum Gasteiger partial charge on any atom is 0.239 e. The summed E-state index contributed by atoms with van der Waals surface area (Å²) < 4.78 is 0. The minimum Gasteiger partial charge on any atom is -0.374 e. The first-order valence-corrected chi connectivity index (χ1v) is 9.12. The fraction of sp³-hybridized carbons (Fsp3) is 0.381. The number of anilines is 2. The van der Waals surface area contributed by atoms with Gasteiger partial charge < -0.3 is 15.5 Å². The molecular formula is C21H27N3O. The van der Waals surface area contributed by atoms with Crippen molar-refractivity contribution in [1.29, 1.82) is 0 Å². The van der Waals surface area contributed by atoms with Crippen molar-refractivity contribution in [3.8, 4) is 0 Å². The first-order valence-electron chi connectivity index (χ1n) is 9.12. The topological polar surface area (TPSA) is 44.4 Å². The molecule has 0 atom stereocenters. The predicted molar refractivity (Wildman–Crippen MR) is 104 cm³/mol. The number of carbonyl (C=O) groups is 1. The molecule has 4 heteroatoms. The van der Waals surface area contributed by atoms with E-state index in [9.17, 15) is 4.79 Å². The van der Waals surface area contributed by atoms with Crippen LogP contribution in [-0.2, 0) is 11.3 Å². The molecule has 1 aliphatic rings. The van der Waals surface area contributed by atoms with Gasteiger partial charge in [-0.3, -0.25) is 4.79 Å². The van der Waals surface area contributed by atoms with Gasteiger partial charge in [-0.05, 0) is 43.9 Å². The third-order valence-electron chi connectivity index (χ3n) is 4.65. The van der Waals surface area contributed by atoms with Gasteiger partial charge in [0.05, 0.1) is 17.9 Å². The van der Waals surface area contributed by atoms with Crippen LogP contribution in [0.1, 0.15) is 30.4 Å². The molecule has 132 valence electrons. The number of hydrogen-bond acceptors (Lipinski definition) is 3. The SMILES string of the molecule is Cc1ccc(CNC(=O)CNc2ccccc2N2CCCCC2)cc1. The number of hydrogen-bond donors (Lipinski definition) is 2. The highest BCUT2D eigenvalue weighted by molar-refractivity contribution is 5.82. The van der Waals surface area contributed by atoms with Crippen molar-refractivity contribution in [2.45, 2.75) is 32.7 Å². The van der Waals surface area contributed by atoms with Crippen LogP contribution in [0.3, 0.4) is 0 Å². The second-order valence-corrected chi connectivity index (χ2v) is 6.68. The highest BCUT2D eigenvalue weighted by Crippen LogP contribution is 2.27. The van der Waals surface area contributed by atoms with E-state index in [2.05, 4.69) is 64.9 Å². The second kappa shape index (κ2) is 8.56. The first kappa shape index (κ1) is 17.3. The number of amides is 1. The summed E-state index contributed by atoms with van der Waals surface area (Å²) in [6.45, 7) is 5.11. The van der Waals surface area contributed by atoms with Gasteiger partial charge in [0.2, 0.25) is 5.91 Å². The summed E-state index contributed by atoms with van der Waals surface area (Å²) in [5.41, 5.74) is 4.59. The zero-order valence-corrected chi connectivity index (χ0v) is 14.9. The zero-order valence-electron chi connectivity index (χ0n) is 14.9. The van der Waals surface area contributed by atoms with Gasteiger partial charge in [-0.25, -0.2) is 0 Å². The normalized spacial score (nSPS) is 14.2. The van der Waals surface area contributed by atoms with Crippen LogP contribution in [0, 0.1) is 6.92 Å². The lowest BCUT2D eigenvalue weighted by molar-refractivity contribution is -0.119. The van der Waals surface area contributed by atoms with Crippen molar-refractivity contribution in [1.82, 2.24) is 5.32 Å². The average Bonchev–Trinajstić information content (AvgIpc) is 2.67. The van der Waals surface area contributed by atoms with E-state index < -0.39 is 0 Å². The molecule has 0 bridgehead atoms. The van der Waals surface area contributed by atoms with E-state index in [0.29, 0.717) is 6.54 Å². The molecule has 1 fully saturated rings. The number of aryl methyl sites for hydroxylation is 1. The quantitative estimate of drug-likeness (QED) is 0.844. The van der Waals surface area contributed by atoms with Gasteiger partial charge >= 0.3 is 0 Å². The number of nitrogens with zero attached hydrogens (tertiary/aromatic N) is 1. The van der Waals surface area contributed by atoms with Crippen LogP contribution < -0.4 is 15.5 Å². The molecule has 0 spiro atoms. The molecule has 0 aromatic heterocycles. The van der Waals surface area contributed by atoms with E-state index in [0.717, 1.165) is 24.3 Å². The number of para-hydroxylation sites is 2. The molecular weight excluding hydrogens is 310 g/mol. The molecule has 4 nitrogen and oxygen atoms in total. The Labute approximate surface area is 150 Å². The Kier molecular flexibility index (Phi) is 5.94. The summed E-state index contributed by atoms with van der Waals surface area (Å²) in [4.78, 5) is 14.6. The van der Waals surface area contributed by atoms with E-state index in [1.165, 1.54) is 30.5 Å². The van der Waals surface area contributed by atoms with Crippen LogP contribution in [-0.4, -0.2) is 25.5 Å². The summed E-state index contributed by atoms with van der Waals surface area (Å²) in [5.74, 6) is 0.00835. The Hall–Kier alpha value is -2.49. The minimum absolute atomic E-state index is 0.00835. The fourth-order valence-corrected chi connectivity index (χ4v) is 3.18. The zero-order chi connectivity index (χ0) is 17.5. The highest BCUT2D eigenvalue weighted by Gasteiger charge is 2.14. The summed E-state index contributed by atoms with van der Waals surface area (Å²) in [5, 5.41) is 6.27. The number of carbonyl (C=O) groups excluding carboxylic acids is 1. The molecule has 2 aromatic rings. The lowest BCUT2D eigenvalue weighted by atomic mass is 10.1. The first-order chi connectivity index (χ1) is 12.2. The van der Waals surface area contributed by atoms with Crippen molar-refractivity contribution in [2.75, 3.05) is 29.9 Å². The van der Waals surface area contributed by atoms with E-state index in [-0.39, 0.29) is 12.5 Å². The van der Waals surface area contributed by atoms with E-state index >= 15 is 0 Å². The molecule has 1 amide bonds. The molecule has 0 aliphatic carbocycles. The Morgan fingerprint density at radius 2 is 1.72 bits per heavy atom. The van der Waals surface area contributed by atoms with Crippen molar-refractivity contribution in [2.24, 2.45) is 0 Å². The number of rotatable bonds is 6. The van der Waals surface area contributed by atoms with E-state index in [1.807, 2.05) is 6.07 Å². The van der Waals surface area contributed by atoms with Gasteiger partial charge in [0.15, 0.2) is 0 Å². The third-order valence-corrected chi connectivity index (χ3v) is 4.65. The van der Waals surface area contributed by atoms with Crippen molar-refractivity contribution in [3.63, 3.8) is 0 Å². The second-order valence-electron chi connectivity index (χ2n) is 6.68. The lowest BCUT2D eigenvalue weighted by Crippen LogP contribution is -2.32. The maximum atomic E-state index is 12.2. The molecule has 1 saturated heterocycles. The summed E-state index contributed by atoms with van der Waals surface area (Å²) in [7, 11) is 0. The van der Waals surface area contributed by atoms with Crippen LogP contribution in [0.25, 0.3) is 0 Å². The standard InChI is InChI=1S/C21H27N3O/c1-17-9-11-18(12-10-17)15-23-21(25)16-22-19-7-3-4-8-20(19)24-13-5-2-6-14-24/h3-4,7-12,22H,2,5-6,13-16H2,1H3,(H,23,25). The van der Waals surface area contributed by atoms with Crippen LogP contribution >= 0.6 is 0 Å². The smallest absolute Gasteiger partial charge is 0.239 e. The van der Waals surface area contributed by atoms with Crippen molar-refractivity contribution < 1.29 is 4.79 Å². The van der Waals surface area contributed by atoms with E-state index in [4.69, 9.17) is 0 Å². The Balaban J connectivity index is 1.52. The maximum absolute atomic E-state index is 12.2. The monoisotopic (exact) mass is 337 g/mol. The van der Waals surface area contributed by atoms with Gasteiger partial charge in [0, 0.05) is 19.6 Å². The molecule has 0 saturated carbocycles. The minimum atomic E-state index is 0.00835. The molecule has 0 radical (unpaired) electrons. The summed E-state index contributed by atoms with van der Waals surface area (Å²) >= 11 is 0. The highest BCUT2D eigenvalue weighted by atomic mass is 16.1. The van der Waals surface area contributed by atoms with Crippen LogP contribution in [0.2, 0.25) is 0 Å². The third kappa shape index (κ3) is 4.99. The average molecular weight is 337 g/mol. The summed E-state index contributed by atoms with van der Waals surface area (Å²) in [6, 6.07) is 16.5. The van der Waals surface area contributed by atoms with Crippen molar-refractivity contribution in [3.05, 3.63) is 59.7 Å². The summed E-state index contributed by atoms with van der Waals surface area (Å²) in [6.07, 6.45) is 3.80. The lowest BCUT2D eigenvalue weighted by Gasteiger charge is -2.30. The molecule has 1 heterocycles. The molecule has 1 aliphatic heterocycles. The van der Waals surface area contributed by atoms with Crippen LogP contribution in [0.15, 0.2) is 48.5 Å².